The van der Waals surface area contributed by atoms with Crippen LogP contribution in [0, 0.1) is 5.92 Å². The van der Waals surface area contributed by atoms with E-state index in [-0.39, 0.29) is 11.8 Å². The summed E-state index contributed by atoms with van der Waals surface area (Å²) in [5, 5.41) is 0. The van der Waals surface area contributed by atoms with Crippen LogP contribution in [0.2, 0.25) is 0 Å². The smallest absolute Gasteiger partial charge is 0.179 e. The maximum absolute atomic E-state index is 12.2. The minimum absolute atomic E-state index is 0.191. The summed E-state index contributed by atoms with van der Waals surface area (Å²) in [7, 11) is -1.02. The summed E-state index contributed by atoms with van der Waals surface area (Å²) in [5.74, 6) is 0.728. The van der Waals surface area contributed by atoms with Crippen molar-refractivity contribution in [1.29, 1.82) is 0 Å². The van der Waals surface area contributed by atoms with Crippen LogP contribution in [-0.4, -0.2) is 39.2 Å². The number of nitrogens with two attached hydrogens (primary N) is 1. The van der Waals surface area contributed by atoms with E-state index in [1.54, 1.807) is 0 Å². The van der Waals surface area contributed by atoms with Crippen molar-refractivity contribution in [3.05, 3.63) is 29.3 Å². The van der Waals surface area contributed by atoms with Crippen LogP contribution in [0.3, 0.4) is 0 Å². The number of hydrogen-bond acceptors (Lipinski definition) is 4. The van der Waals surface area contributed by atoms with Crippen molar-refractivity contribution in [2.24, 2.45) is 11.7 Å². The quantitative estimate of drug-likeness (QED) is 0.877. The van der Waals surface area contributed by atoms with E-state index in [0.29, 0.717) is 23.8 Å². The molecule has 19 heavy (non-hydrogen) atoms. The molecule has 3 rings (SSSR count). The summed E-state index contributed by atoms with van der Waals surface area (Å²) in [6.07, 6.45) is 1.61. The van der Waals surface area contributed by atoms with Crippen LogP contribution in [0.4, 0.5) is 0 Å². The van der Waals surface area contributed by atoms with E-state index in [1.165, 1.54) is 0 Å². The van der Waals surface area contributed by atoms with Crippen molar-refractivity contribution in [2.45, 2.75) is 23.8 Å². The van der Waals surface area contributed by atoms with E-state index < -0.39 is 9.84 Å². The van der Waals surface area contributed by atoms with E-state index in [1.807, 2.05) is 18.2 Å². The normalized spacial score (nSPS) is 29.6. The second-order valence-electron chi connectivity index (χ2n) is 5.70. The molecule has 2 aliphatic heterocycles. The Bertz CT molecular complexity index is 597. The van der Waals surface area contributed by atoms with E-state index in [0.717, 1.165) is 24.1 Å². The van der Waals surface area contributed by atoms with Crippen molar-refractivity contribution in [1.82, 2.24) is 4.90 Å². The summed E-state index contributed by atoms with van der Waals surface area (Å²) in [4.78, 5) is 2.84. The highest BCUT2D eigenvalue weighted by atomic mass is 32.2. The molecule has 1 aromatic rings. The highest BCUT2D eigenvalue weighted by molar-refractivity contribution is 7.91. The number of hydrogen-bond donors (Lipinski definition) is 1. The molecular formula is C14H20N2O2S. The largest absolute Gasteiger partial charge is 0.330 e. The molecule has 1 aromatic carbocycles. The van der Waals surface area contributed by atoms with Gasteiger partial charge in [0.25, 0.3) is 0 Å². The summed E-state index contributed by atoms with van der Waals surface area (Å²) in [5.41, 5.74) is 7.73. The molecule has 2 atom stereocenters. The monoisotopic (exact) mass is 280 g/mol. The minimum Gasteiger partial charge on any atom is -0.330 e. The topological polar surface area (TPSA) is 63.4 Å². The second-order valence-corrected chi connectivity index (χ2v) is 7.74. The highest BCUT2D eigenvalue weighted by Gasteiger charge is 2.36. The molecule has 0 spiro atoms. The maximum Gasteiger partial charge on any atom is 0.179 e. The van der Waals surface area contributed by atoms with Crippen LogP contribution in [0.25, 0.3) is 0 Å². The Morgan fingerprint density at radius 2 is 2.21 bits per heavy atom. The van der Waals surface area contributed by atoms with E-state index in [2.05, 4.69) is 11.9 Å². The second kappa shape index (κ2) is 4.58. The van der Waals surface area contributed by atoms with Crippen LogP contribution in [0.15, 0.2) is 23.1 Å². The molecule has 0 aliphatic carbocycles. The lowest BCUT2D eigenvalue weighted by molar-refractivity contribution is 0.310. The predicted molar refractivity (Wildman–Crippen MR) is 74.7 cm³/mol. The van der Waals surface area contributed by atoms with Gasteiger partial charge in [-0.15, -0.1) is 0 Å². The van der Waals surface area contributed by atoms with Gasteiger partial charge in [-0.1, -0.05) is 18.2 Å². The molecule has 2 unspecified atom stereocenters. The van der Waals surface area contributed by atoms with Crippen LogP contribution in [0.5, 0.6) is 0 Å². The average Bonchev–Trinajstić information content (AvgIpc) is 2.91. The van der Waals surface area contributed by atoms with Gasteiger partial charge in [-0.25, -0.2) is 8.42 Å². The Morgan fingerprint density at radius 1 is 1.42 bits per heavy atom. The Kier molecular flexibility index (Phi) is 3.15. The first-order valence-electron chi connectivity index (χ1n) is 6.78. The molecule has 0 bridgehead atoms. The van der Waals surface area contributed by atoms with Crippen molar-refractivity contribution in [3.8, 4) is 0 Å². The summed E-state index contributed by atoms with van der Waals surface area (Å²) in [6.45, 7) is 1.62. The Hall–Kier alpha value is -0.910. The van der Waals surface area contributed by atoms with E-state index in [4.69, 9.17) is 5.73 Å². The van der Waals surface area contributed by atoms with Gasteiger partial charge in [0, 0.05) is 12.6 Å². The lowest BCUT2D eigenvalue weighted by Crippen LogP contribution is -2.21. The number of fused-ring (bicyclic) bond motifs is 1. The fraction of sp³-hybridized carbons (Fsp3) is 0.571. The van der Waals surface area contributed by atoms with E-state index >= 15 is 0 Å². The fourth-order valence-corrected chi connectivity index (χ4v) is 5.26. The molecule has 0 amide bonds. The summed E-state index contributed by atoms with van der Waals surface area (Å²) >= 11 is 0. The summed E-state index contributed by atoms with van der Waals surface area (Å²) in [6, 6.07) is 6.09. The maximum atomic E-state index is 12.2. The fourth-order valence-electron chi connectivity index (χ4n) is 3.43. The molecule has 2 N–H and O–H groups in total. The zero-order chi connectivity index (χ0) is 13.6. The van der Waals surface area contributed by atoms with Gasteiger partial charge in [-0.3, -0.25) is 4.90 Å². The first kappa shape index (κ1) is 13.1. The van der Waals surface area contributed by atoms with Crippen LogP contribution >= 0.6 is 0 Å². The third-order valence-electron chi connectivity index (χ3n) is 4.41. The van der Waals surface area contributed by atoms with Crippen molar-refractivity contribution in [3.63, 3.8) is 0 Å². The van der Waals surface area contributed by atoms with Gasteiger partial charge in [0.15, 0.2) is 9.84 Å². The van der Waals surface area contributed by atoms with Gasteiger partial charge in [0.05, 0.1) is 10.6 Å². The molecule has 2 heterocycles. The van der Waals surface area contributed by atoms with Gasteiger partial charge < -0.3 is 5.73 Å². The van der Waals surface area contributed by atoms with Crippen molar-refractivity contribution >= 4 is 9.84 Å². The first-order chi connectivity index (χ1) is 9.03. The Morgan fingerprint density at radius 3 is 2.89 bits per heavy atom. The predicted octanol–water partition coefficient (Wildman–Crippen LogP) is 0.968. The van der Waals surface area contributed by atoms with Gasteiger partial charge in [0.1, 0.15) is 0 Å². The molecule has 5 heteroatoms. The third kappa shape index (κ3) is 2.10. The van der Waals surface area contributed by atoms with E-state index in [9.17, 15) is 8.42 Å². The van der Waals surface area contributed by atoms with Crippen LogP contribution in [0.1, 0.15) is 23.6 Å². The lowest BCUT2D eigenvalue weighted by Gasteiger charge is -2.21. The summed E-state index contributed by atoms with van der Waals surface area (Å²) < 4.78 is 24.5. The molecule has 1 saturated heterocycles. The molecule has 0 radical (unpaired) electrons. The molecule has 0 aromatic heterocycles. The Balaban J connectivity index is 2.06. The number of nitrogens with zero attached hydrogens (tertiary/aromatic N) is 1. The molecule has 0 saturated carbocycles. The van der Waals surface area contributed by atoms with Gasteiger partial charge in [-0.2, -0.15) is 0 Å². The molecule has 2 aliphatic rings. The zero-order valence-corrected chi connectivity index (χ0v) is 12.0. The lowest BCUT2D eigenvalue weighted by atomic mass is 9.98. The number of benzene rings is 1. The van der Waals surface area contributed by atoms with Gasteiger partial charge in [0.2, 0.25) is 0 Å². The first-order valence-corrected chi connectivity index (χ1v) is 8.43. The van der Waals surface area contributed by atoms with Gasteiger partial charge >= 0.3 is 0 Å². The number of aryl methyl sites for hydroxylation is 1. The molecular weight excluding hydrogens is 260 g/mol. The highest BCUT2D eigenvalue weighted by Crippen LogP contribution is 2.40. The Labute approximate surface area is 114 Å². The third-order valence-corrected chi connectivity index (χ3v) is 6.27. The molecule has 4 nitrogen and oxygen atoms in total. The van der Waals surface area contributed by atoms with Gasteiger partial charge in [-0.05, 0) is 43.5 Å². The number of rotatable bonds is 2. The molecule has 1 fully saturated rings. The minimum atomic E-state index is -3.08. The van der Waals surface area contributed by atoms with Crippen molar-refractivity contribution in [2.75, 3.05) is 25.9 Å². The van der Waals surface area contributed by atoms with Crippen molar-refractivity contribution < 1.29 is 8.42 Å². The number of sulfone groups is 1. The van der Waals surface area contributed by atoms with Crippen LogP contribution in [-0.2, 0) is 16.3 Å². The SMILES string of the molecule is CN1CC(CN)CC1c1cccc2c1S(=O)(=O)CC2. The zero-order valence-electron chi connectivity index (χ0n) is 11.2. The van der Waals surface area contributed by atoms with Crippen LogP contribution < -0.4 is 5.73 Å². The molecule has 104 valence electrons. The average molecular weight is 280 g/mol. The number of likely N-dealkylation sites (tertiary alicyclic amines) is 1. The standard InChI is InChI=1S/C14H20N2O2S/c1-16-9-10(8-15)7-13(16)12-4-2-3-11-5-6-19(17,18)14(11)12/h2-4,10,13H,5-9,15H2,1H3.